The summed E-state index contributed by atoms with van der Waals surface area (Å²) in [6, 6.07) is 2.38. The van der Waals surface area contributed by atoms with Crippen LogP contribution in [0.2, 0.25) is 0 Å². The number of hydrogen-bond donors (Lipinski definition) is 3. The fourth-order valence-corrected chi connectivity index (χ4v) is 4.49. The highest BCUT2D eigenvalue weighted by molar-refractivity contribution is 5.62. The number of hydrogen-bond acceptors (Lipinski definition) is 7. The van der Waals surface area contributed by atoms with Gasteiger partial charge in [-0.3, -0.25) is 0 Å². The summed E-state index contributed by atoms with van der Waals surface area (Å²) in [6.07, 6.45) is 12.2. The zero-order valence-corrected chi connectivity index (χ0v) is 18.5. The van der Waals surface area contributed by atoms with E-state index >= 15 is 0 Å². The van der Waals surface area contributed by atoms with E-state index in [0.717, 1.165) is 67.2 Å². The van der Waals surface area contributed by atoms with Crippen LogP contribution < -0.4 is 10.2 Å². The van der Waals surface area contributed by atoms with Gasteiger partial charge in [0.05, 0.1) is 6.20 Å². The van der Waals surface area contributed by atoms with Gasteiger partial charge in [0.25, 0.3) is 0 Å². The van der Waals surface area contributed by atoms with Crippen LogP contribution in [0, 0.1) is 0 Å². The van der Waals surface area contributed by atoms with Crippen molar-refractivity contribution >= 4 is 17.3 Å². The summed E-state index contributed by atoms with van der Waals surface area (Å²) in [6.45, 7) is 6.64. The Kier molecular flexibility index (Phi) is 6.77. The Morgan fingerprint density at radius 1 is 1.26 bits per heavy atom. The van der Waals surface area contributed by atoms with Crippen LogP contribution in [0.25, 0.3) is 5.65 Å². The van der Waals surface area contributed by atoms with E-state index in [4.69, 9.17) is 4.98 Å². The average Bonchev–Trinajstić information content (AvgIpc) is 3.21. The van der Waals surface area contributed by atoms with Gasteiger partial charge in [-0.05, 0) is 56.8 Å². The fourth-order valence-electron chi connectivity index (χ4n) is 4.49. The van der Waals surface area contributed by atoms with Crippen LogP contribution in [0.5, 0.6) is 0 Å². The first-order valence-corrected chi connectivity index (χ1v) is 11.5. The van der Waals surface area contributed by atoms with E-state index in [9.17, 15) is 10.2 Å². The van der Waals surface area contributed by atoms with Gasteiger partial charge in [0, 0.05) is 50.1 Å². The zero-order valence-electron chi connectivity index (χ0n) is 18.5. The molecule has 4 heterocycles. The Morgan fingerprint density at radius 3 is 2.87 bits per heavy atom. The lowest BCUT2D eigenvalue weighted by Crippen LogP contribution is -2.40. The summed E-state index contributed by atoms with van der Waals surface area (Å²) in [7, 11) is 0. The van der Waals surface area contributed by atoms with E-state index in [1.54, 1.807) is 0 Å². The molecule has 0 aliphatic carbocycles. The first-order valence-electron chi connectivity index (χ1n) is 11.5. The summed E-state index contributed by atoms with van der Waals surface area (Å²) in [4.78, 5) is 9.21. The molecule has 2 aromatic rings. The number of rotatable bonds is 8. The first kappa shape index (κ1) is 21.6. The number of aliphatic hydroxyl groups is 2. The lowest BCUT2D eigenvalue weighted by molar-refractivity contribution is 0.0808. The SMILES string of the molecule is CCc1cnn2c(NCC3=CC(O)N(CC)C=C3)cc(N3CCCC[C@H]3CCO)nc12. The molecule has 2 aromatic heterocycles. The number of aliphatic hydroxyl groups excluding tert-OH is 2. The predicted molar refractivity (Wildman–Crippen MR) is 123 cm³/mol. The van der Waals surface area contributed by atoms with Crippen molar-refractivity contribution in [3.63, 3.8) is 0 Å². The third kappa shape index (κ3) is 4.55. The molecule has 0 bridgehead atoms. The van der Waals surface area contributed by atoms with Gasteiger partial charge in [0.1, 0.15) is 17.9 Å². The number of fused-ring (bicyclic) bond motifs is 1. The molecule has 8 nitrogen and oxygen atoms in total. The van der Waals surface area contributed by atoms with Crippen molar-refractivity contribution in [2.75, 3.05) is 36.5 Å². The van der Waals surface area contributed by atoms with Gasteiger partial charge in [0.15, 0.2) is 5.65 Å². The molecular formula is C23H34N6O2. The van der Waals surface area contributed by atoms with Crippen LogP contribution >= 0.6 is 0 Å². The first-order chi connectivity index (χ1) is 15.1. The van der Waals surface area contributed by atoms with E-state index in [2.05, 4.69) is 28.3 Å². The third-order valence-electron chi connectivity index (χ3n) is 6.32. The summed E-state index contributed by atoms with van der Waals surface area (Å²) in [5.41, 5.74) is 3.02. The van der Waals surface area contributed by atoms with Crippen molar-refractivity contribution in [1.82, 2.24) is 19.5 Å². The minimum atomic E-state index is -0.594. The summed E-state index contributed by atoms with van der Waals surface area (Å²) < 4.78 is 1.87. The molecule has 8 heteroatoms. The maximum absolute atomic E-state index is 10.3. The summed E-state index contributed by atoms with van der Waals surface area (Å²) >= 11 is 0. The van der Waals surface area contributed by atoms with Crippen LogP contribution in [-0.2, 0) is 6.42 Å². The van der Waals surface area contributed by atoms with Crippen LogP contribution in [-0.4, -0.2) is 68.2 Å². The van der Waals surface area contributed by atoms with Crippen LogP contribution in [0.4, 0.5) is 11.6 Å². The van der Waals surface area contributed by atoms with Gasteiger partial charge >= 0.3 is 0 Å². The van der Waals surface area contributed by atoms with Gasteiger partial charge in [-0.1, -0.05) is 6.92 Å². The largest absolute Gasteiger partial charge is 0.396 e. The smallest absolute Gasteiger partial charge is 0.162 e. The minimum Gasteiger partial charge on any atom is -0.396 e. The van der Waals surface area contributed by atoms with Gasteiger partial charge in [-0.2, -0.15) is 9.61 Å². The number of likely N-dealkylation sites (N-methyl/N-ethyl adjacent to an activating group) is 1. The van der Waals surface area contributed by atoms with Crippen LogP contribution in [0.1, 0.15) is 45.1 Å². The minimum absolute atomic E-state index is 0.193. The standard InChI is InChI=1S/C23H34N6O2/c1-3-18-16-25-29-20(24-15-17-8-11-27(4-2)22(31)13-17)14-21(26-23(18)29)28-10-6-5-7-19(28)9-12-30/h8,11,13-14,16,19,22,24,30-31H,3-7,9-10,12,15H2,1-2H3/t19-,22?/m0/s1. The lowest BCUT2D eigenvalue weighted by atomic mass is 9.99. The van der Waals surface area contributed by atoms with Crippen molar-refractivity contribution in [2.24, 2.45) is 0 Å². The molecule has 0 amide bonds. The lowest BCUT2D eigenvalue weighted by Gasteiger charge is -2.36. The summed E-state index contributed by atoms with van der Waals surface area (Å²) in [5, 5.41) is 27.9. The summed E-state index contributed by atoms with van der Waals surface area (Å²) in [5.74, 6) is 1.82. The molecule has 2 aliphatic heterocycles. The van der Waals surface area contributed by atoms with E-state index in [1.807, 2.05) is 40.9 Å². The molecule has 3 N–H and O–H groups in total. The molecule has 0 aromatic carbocycles. The van der Waals surface area contributed by atoms with Gasteiger partial charge in [-0.15, -0.1) is 0 Å². The second kappa shape index (κ2) is 9.70. The van der Waals surface area contributed by atoms with Gasteiger partial charge < -0.3 is 25.3 Å². The molecule has 4 rings (SSSR count). The molecule has 1 fully saturated rings. The number of aromatic nitrogens is 3. The monoisotopic (exact) mass is 426 g/mol. The molecule has 1 unspecified atom stereocenters. The maximum atomic E-state index is 10.3. The van der Waals surface area contributed by atoms with Crippen LogP contribution in [0.15, 0.2) is 36.2 Å². The Hall–Kier alpha value is -2.58. The van der Waals surface area contributed by atoms with Crippen LogP contribution in [0.3, 0.4) is 0 Å². The van der Waals surface area contributed by atoms with Crippen molar-refractivity contribution in [2.45, 2.75) is 58.2 Å². The molecule has 0 saturated carbocycles. The highest BCUT2D eigenvalue weighted by atomic mass is 16.3. The zero-order chi connectivity index (χ0) is 21.8. The second-order valence-electron chi connectivity index (χ2n) is 8.27. The Bertz CT molecular complexity index is 951. The fraction of sp³-hybridized carbons (Fsp3) is 0.565. The molecule has 0 radical (unpaired) electrons. The highest BCUT2D eigenvalue weighted by Crippen LogP contribution is 2.29. The molecule has 2 aliphatic rings. The molecule has 0 spiro atoms. The van der Waals surface area contributed by atoms with Crippen molar-refractivity contribution < 1.29 is 10.2 Å². The topological polar surface area (TPSA) is 89.2 Å². The number of nitrogens with one attached hydrogen (secondary N) is 1. The number of anilines is 2. The molecular weight excluding hydrogens is 392 g/mol. The highest BCUT2D eigenvalue weighted by Gasteiger charge is 2.25. The van der Waals surface area contributed by atoms with Gasteiger partial charge in [-0.25, -0.2) is 4.98 Å². The number of piperidine rings is 1. The number of nitrogens with zero attached hydrogens (tertiary/aromatic N) is 5. The Labute approximate surface area is 183 Å². The van der Waals surface area contributed by atoms with Crippen molar-refractivity contribution in [1.29, 1.82) is 0 Å². The van der Waals surface area contributed by atoms with Crippen molar-refractivity contribution in [3.8, 4) is 0 Å². The Morgan fingerprint density at radius 2 is 2.13 bits per heavy atom. The molecule has 1 saturated heterocycles. The quantitative estimate of drug-likeness (QED) is 0.598. The predicted octanol–water partition coefficient (Wildman–Crippen LogP) is 2.54. The van der Waals surface area contributed by atoms with E-state index in [-0.39, 0.29) is 6.61 Å². The number of aryl methyl sites for hydroxylation is 1. The normalized spacial score (nSPS) is 21.6. The van der Waals surface area contributed by atoms with E-state index in [0.29, 0.717) is 12.6 Å². The van der Waals surface area contributed by atoms with E-state index < -0.39 is 6.23 Å². The molecule has 168 valence electrons. The third-order valence-corrected chi connectivity index (χ3v) is 6.32. The maximum Gasteiger partial charge on any atom is 0.162 e. The molecule has 2 atom stereocenters. The average molecular weight is 427 g/mol. The Balaban J connectivity index is 1.63. The van der Waals surface area contributed by atoms with E-state index in [1.165, 1.54) is 6.42 Å². The second-order valence-corrected chi connectivity index (χ2v) is 8.27. The molecule has 31 heavy (non-hydrogen) atoms. The van der Waals surface area contributed by atoms with Gasteiger partial charge in [0.2, 0.25) is 0 Å². The van der Waals surface area contributed by atoms with Crippen molar-refractivity contribution in [3.05, 3.63) is 41.8 Å².